The molecule has 0 saturated carbocycles. The molecule has 1 amide bonds. The van der Waals surface area contributed by atoms with Crippen LogP contribution in [0.25, 0.3) is 0 Å². The zero-order valence-electron chi connectivity index (χ0n) is 13.9. The van der Waals surface area contributed by atoms with Crippen LogP contribution < -0.4 is 5.32 Å². The molecule has 0 aliphatic heterocycles. The summed E-state index contributed by atoms with van der Waals surface area (Å²) >= 11 is 0. The van der Waals surface area contributed by atoms with Gasteiger partial charge in [-0.15, -0.1) is 6.42 Å². The van der Waals surface area contributed by atoms with Gasteiger partial charge in [0, 0.05) is 12.0 Å². The summed E-state index contributed by atoms with van der Waals surface area (Å²) in [4.78, 5) is 23.9. The molecule has 1 N–H and O–H groups in total. The van der Waals surface area contributed by atoms with Gasteiger partial charge >= 0.3 is 12.1 Å². The van der Waals surface area contributed by atoms with Gasteiger partial charge in [-0.25, -0.2) is 9.59 Å². The Morgan fingerprint density at radius 1 is 1.08 bits per heavy atom. The van der Waals surface area contributed by atoms with Crippen LogP contribution in [-0.2, 0) is 27.3 Å². The minimum Gasteiger partial charge on any atom is -0.467 e. The van der Waals surface area contributed by atoms with Gasteiger partial charge in [0.15, 0.2) is 0 Å². The van der Waals surface area contributed by atoms with Crippen LogP contribution in [0.5, 0.6) is 0 Å². The quantitative estimate of drug-likeness (QED) is 0.650. The third-order valence-corrected chi connectivity index (χ3v) is 3.55. The number of nitrogens with one attached hydrogen (secondary N) is 1. The number of alkyl carbamates (subject to hydrolysis) is 1. The van der Waals surface area contributed by atoms with E-state index >= 15 is 0 Å². The summed E-state index contributed by atoms with van der Waals surface area (Å²) in [6.07, 6.45) is 4.92. The minimum atomic E-state index is -0.816. The Morgan fingerprint density at radius 2 is 1.76 bits per heavy atom. The lowest BCUT2D eigenvalue weighted by Crippen LogP contribution is -2.43. The van der Waals surface area contributed by atoms with Crippen LogP contribution in [0.3, 0.4) is 0 Å². The van der Waals surface area contributed by atoms with Crippen molar-refractivity contribution in [1.82, 2.24) is 5.32 Å². The van der Waals surface area contributed by atoms with Crippen molar-refractivity contribution < 1.29 is 19.1 Å². The molecule has 0 spiro atoms. The number of hydrogen-bond donors (Lipinski definition) is 1. The van der Waals surface area contributed by atoms with Crippen LogP contribution in [0.15, 0.2) is 54.6 Å². The molecule has 25 heavy (non-hydrogen) atoms. The highest BCUT2D eigenvalue weighted by Crippen LogP contribution is 2.07. The van der Waals surface area contributed by atoms with Gasteiger partial charge in [-0.05, 0) is 23.3 Å². The second-order valence-electron chi connectivity index (χ2n) is 5.33. The molecule has 0 aliphatic carbocycles. The van der Waals surface area contributed by atoms with Gasteiger partial charge in [0.2, 0.25) is 0 Å². The molecule has 2 aromatic carbocycles. The number of carbonyl (C=O) groups excluding carboxylic acids is 2. The molecule has 0 unspecified atom stereocenters. The Balaban J connectivity index is 1.92. The maximum atomic E-state index is 12.0. The van der Waals surface area contributed by atoms with E-state index < -0.39 is 18.1 Å². The highest BCUT2D eigenvalue weighted by molar-refractivity contribution is 5.81. The zero-order valence-corrected chi connectivity index (χ0v) is 13.9. The van der Waals surface area contributed by atoms with Crippen molar-refractivity contribution in [2.24, 2.45) is 0 Å². The third-order valence-electron chi connectivity index (χ3n) is 3.55. The molecule has 2 rings (SSSR count). The lowest BCUT2D eigenvalue weighted by molar-refractivity contribution is -0.143. The van der Waals surface area contributed by atoms with Crippen molar-refractivity contribution in [3.63, 3.8) is 0 Å². The Morgan fingerprint density at radius 3 is 2.36 bits per heavy atom. The molecule has 0 bridgehead atoms. The number of ether oxygens (including phenoxy) is 2. The first kappa shape index (κ1) is 18.1. The molecule has 0 aliphatic rings. The fraction of sp³-hybridized carbons (Fsp3) is 0.200. The number of rotatable bonds is 6. The molecule has 2 aromatic rings. The smallest absolute Gasteiger partial charge is 0.408 e. The molecule has 5 nitrogen and oxygen atoms in total. The lowest BCUT2D eigenvalue weighted by Gasteiger charge is -2.16. The van der Waals surface area contributed by atoms with Crippen molar-refractivity contribution in [3.8, 4) is 12.3 Å². The molecule has 5 heteroatoms. The van der Waals surface area contributed by atoms with Crippen molar-refractivity contribution in [3.05, 3.63) is 71.3 Å². The predicted octanol–water partition coefficient (Wildman–Crippen LogP) is 2.68. The normalized spacial score (nSPS) is 11.0. The van der Waals surface area contributed by atoms with E-state index in [9.17, 15) is 9.59 Å². The number of benzene rings is 2. The van der Waals surface area contributed by atoms with E-state index in [4.69, 9.17) is 15.9 Å². The summed E-state index contributed by atoms with van der Waals surface area (Å²) in [5, 5.41) is 2.54. The van der Waals surface area contributed by atoms with E-state index in [1.54, 1.807) is 24.3 Å². The topological polar surface area (TPSA) is 64.6 Å². The van der Waals surface area contributed by atoms with Crippen molar-refractivity contribution in [1.29, 1.82) is 0 Å². The van der Waals surface area contributed by atoms with Gasteiger partial charge in [-0.2, -0.15) is 0 Å². The van der Waals surface area contributed by atoms with Crippen molar-refractivity contribution in [2.75, 3.05) is 7.11 Å². The lowest BCUT2D eigenvalue weighted by atomic mass is 10.1. The number of esters is 1. The SMILES string of the molecule is C#Cc1ccc(COC(=O)N[C@@H](Cc2ccccc2)C(=O)OC)cc1. The summed E-state index contributed by atoms with van der Waals surface area (Å²) in [6.45, 7) is 0.0793. The number of amides is 1. The number of methoxy groups -OCH3 is 1. The van der Waals surface area contributed by atoms with Gasteiger partial charge in [-0.3, -0.25) is 0 Å². The van der Waals surface area contributed by atoms with Crippen LogP contribution >= 0.6 is 0 Å². The molecule has 128 valence electrons. The molecule has 0 heterocycles. The van der Waals surface area contributed by atoms with E-state index in [2.05, 4.69) is 11.2 Å². The van der Waals surface area contributed by atoms with Gasteiger partial charge in [0.25, 0.3) is 0 Å². The monoisotopic (exact) mass is 337 g/mol. The summed E-state index contributed by atoms with van der Waals surface area (Å²) in [5.41, 5.74) is 2.46. The molecule has 0 radical (unpaired) electrons. The van der Waals surface area contributed by atoms with E-state index in [0.29, 0.717) is 6.42 Å². The van der Waals surface area contributed by atoms with E-state index in [1.165, 1.54) is 7.11 Å². The molecule has 0 fully saturated rings. The first-order chi connectivity index (χ1) is 12.1. The molecule has 0 saturated heterocycles. The molecule has 0 aromatic heterocycles. The van der Waals surface area contributed by atoms with Crippen LogP contribution in [-0.4, -0.2) is 25.2 Å². The highest BCUT2D eigenvalue weighted by atomic mass is 16.6. The van der Waals surface area contributed by atoms with Gasteiger partial charge < -0.3 is 14.8 Å². The van der Waals surface area contributed by atoms with Gasteiger partial charge in [0.05, 0.1) is 7.11 Å². The zero-order chi connectivity index (χ0) is 18.1. The highest BCUT2D eigenvalue weighted by Gasteiger charge is 2.22. The summed E-state index contributed by atoms with van der Waals surface area (Å²) in [7, 11) is 1.28. The van der Waals surface area contributed by atoms with Crippen LogP contribution in [0, 0.1) is 12.3 Å². The first-order valence-electron chi connectivity index (χ1n) is 7.73. The molecular formula is C20H19NO4. The summed E-state index contributed by atoms with van der Waals surface area (Å²) in [5.74, 6) is 1.99. The van der Waals surface area contributed by atoms with Crippen LogP contribution in [0.1, 0.15) is 16.7 Å². The summed E-state index contributed by atoms with van der Waals surface area (Å²) in [6, 6.07) is 15.6. The van der Waals surface area contributed by atoms with Crippen LogP contribution in [0.4, 0.5) is 4.79 Å². The average molecular weight is 337 g/mol. The fourth-order valence-electron chi connectivity index (χ4n) is 2.22. The van der Waals surface area contributed by atoms with E-state index in [0.717, 1.165) is 16.7 Å². The molecule has 1 atom stereocenters. The van der Waals surface area contributed by atoms with E-state index in [-0.39, 0.29) is 6.61 Å². The third kappa shape index (κ3) is 5.70. The standard InChI is InChI=1S/C20H19NO4/c1-3-15-9-11-17(12-10-15)14-25-20(23)21-18(19(22)24-2)13-16-7-5-4-6-8-16/h1,4-12,18H,13-14H2,2H3,(H,21,23)/t18-/m0/s1. The summed E-state index contributed by atoms with van der Waals surface area (Å²) < 4.78 is 9.90. The Kier molecular flexibility index (Phi) is 6.61. The number of carbonyl (C=O) groups is 2. The second-order valence-corrected chi connectivity index (χ2v) is 5.33. The Bertz CT molecular complexity index is 748. The fourth-order valence-corrected chi connectivity index (χ4v) is 2.22. The molecular weight excluding hydrogens is 318 g/mol. The number of terminal acetylenes is 1. The largest absolute Gasteiger partial charge is 0.467 e. The van der Waals surface area contributed by atoms with Gasteiger partial charge in [-0.1, -0.05) is 48.4 Å². The Hall–Kier alpha value is -3.26. The van der Waals surface area contributed by atoms with Crippen LogP contribution in [0.2, 0.25) is 0 Å². The van der Waals surface area contributed by atoms with Crippen molar-refractivity contribution >= 4 is 12.1 Å². The Labute approximate surface area is 147 Å². The maximum Gasteiger partial charge on any atom is 0.408 e. The second kappa shape index (κ2) is 9.14. The van der Waals surface area contributed by atoms with E-state index in [1.807, 2.05) is 30.3 Å². The minimum absolute atomic E-state index is 0.0793. The predicted molar refractivity (Wildman–Crippen MR) is 93.6 cm³/mol. The average Bonchev–Trinajstić information content (AvgIpc) is 2.66. The number of hydrogen-bond acceptors (Lipinski definition) is 4. The maximum absolute atomic E-state index is 12.0. The first-order valence-corrected chi connectivity index (χ1v) is 7.73. The van der Waals surface area contributed by atoms with Gasteiger partial charge in [0.1, 0.15) is 12.6 Å². The van der Waals surface area contributed by atoms with Crippen molar-refractivity contribution in [2.45, 2.75) is 19.1 Å².